The predicted molar refractivity (Wildman–Crippen MR) is 112 cm³/mol. The zero-order chi connectivity index (χ0) is 20.1. The Labute approximate surface area is 174 Å². The summed E-state index contributed by atoms with van der Waals surface area (Å²) in [4.78, 5) is 30.6. The maximum absolute atomic E-state index is 13.3. The minimum Gasteiger partial charge on any atom is -0.467 e. The number of furan rings is 1. The number of rotatable bonds is 9. The molecule has 5 nitrogen and oxygen atoms in total. The molecule has 2 amide bonds. The number of benzene rings is 1. The Hall–Kier alpha value is -2.86. The number of amides is 2. The first-order valence-electron chi connectivity index (χ1n) is 9.84. The summed E-state index contributed by atoms with van der Waals surface area (Å²) in [7, 11) is 0. The van der Waals surface area contributed by atoms with Crippen LogP contribution in [0.4, 0.5) is 0 Å². The van der Waals surface area contributed by atoms with Gasteiger partial charge in [0.2, 0.25) is 11.8 Å². The van der Waals surface area contributed by atoms with Crippen LogP contribution >= 0.6 is 11.3 Å². The molecule has 0 saturated heterocycles. The van der Waals surface area contributed by atoms with Gasteiger partial charge in [-0.2, -0.15) is 0 Å². The summed E-state index contributed by atoms with van der Waals surface area (Å²) in [6.45, 7) is 1.45. The third kappa shape index (κ3) is 5.35. The Morgan fingerprint density at radius 3 is 2.41 bits per heavy atom. The maximum atomic E-state index is 13.3. The fraction of sp³-hybridized carbons (Fsp3) is 0.304. The van der Waals surface area contributed by atoms with Gasteiger partial charge in [0.25, 0.3) is 0 Å². The lowest BCUT2D eigenvalue weighted by molar-refractivity contribution is -0.142. The number of carbonyl (C=O) groups excluding carboxylic acids is 2. The Morgan fingerprint density at radius 2 is 1.76 bits per heavy atom. The number of carbonyl (C=O) groups is 2. The fourth-order valence-electron chi connectivity index (χ4n) is 3.28. The number of hydrogen-bond acceptors (Lipinski definition) is 4. The van der Waals surface area contributed by atoms with Gasteiger partial charge in [0.15, 0.2) is 0 Å². The Kier molecular flexibility index (Phi) is 6.10. The molecule has 1 aliphatic rings. The van der Waals surface area contributed by atoms with E-state index in [1.165, 1.54) is 0 Å². The molecular weight excluding hydrogens is 384 g/mol. The van der Waals surface area contributed by atoms with Crippen molar-refractivity contribution in [3.63, 3.8) is 0 Å². The molecule has 0 unspecified atom stereocenters. The van der Waals surface area contributed by atoms with Crippen LogP contribution in [0.25, 0.3) is 0 Å². The van der Waals surface area contributed by atoms with Gasteiger partial charge in [-0.3, -0.25) is 9.59 Å². The summed E-state index contributed by atoms with van der Waals surface area (Å²) in [5, 5.41) is 2.01. The smallest absolute Gasteiger partial charge is 0.242 e. The van der Waals surface area contributed by atoms with Crippen LogP contribution in [0.2, 0.25) is 0 Å². The second kappa shape index (κ2) is 9.09. The fourth-order valence-corrected chi connectivity index (χ4v) is 4.00. The van der Waals surface area contributed by atoms with E-state index in [2.05, 4.69) is 0 Å². The highest BCUT2D eigenvalue weighted by atomic mass is 32.1. The molecule has 6 heteroatoms. The molecule has 1 saturated carbocycles. The van der Waals surface area contributed by atoms with Crippen LogP contribution in [0.1, 0.15) is 29.0 Å². The van der Waals surface area contributed by atoms with E-state index in [0.29, 0.717) is 25.4 Å². The minimum atomic E-state index is -0.0530. The van der Waals surface area contributed by atoms with Crippen LogP contribution < -0.4 is 0 Å². The second-order valence-corrected chi connectivity index (χ2v) is 8.39. The molecule has 2 heterocycles. The molecule has 0 bridgehead atoms. The molecule has 2 aromatic heterocycles. The quantitative estimate of drug-likeness (QED) is 0.530. The highest BCUT2D eigenvalue weighted by Gasteiger charge is 2.35. The highest BCUT2D eigenvalue weighted by molar-refractivity contribution is 7.09. The van der Waals surface area contributed by atoms with Gasteiger partial charge in [-0.05, 0) is 42.0 Å². The van der Waals surface area contributed by atoms with Crippen molar-refractivity contribution in [2.75, 3.05) is 6.54 Å². The minimum absolute atomic E-state index is 0.0468. The van der Waals surface area contributed by atoms with E-state index in [1.807, 2.05) is 58.8 Å². The van der Waals surface area contributed by atoms with Crippen LogP contribution in [-0.2, 0) is 29.2 Å². The first-order valence-corrected chi connectivity index (χ1v) is 10.7. The summed E-state index contributed by atoms with van der Waals surface area (Å²) < 4.78 is 5.42. The first-order chi connectivity index (χ1) is 14.2. The average Bonchev–Trinajstić information content (AvgIpc) is 3.21. The van der Waals surface area contributed by atoms with Gasteiger partial charge in [-0.25, -0.2) is 0 Å². The molecule has 29 heavy (non-hydrogen) atoms. The average molecular weight is 409 g/mol. The van der Waals surface area contributed by atoms with Crippen molar-refractivity contribution >= 4 is 23.2 Å². The van der Waals surface area contributed by atoms with Crippen LogP contribution in [0, 0.1) is 5.92 Å². The molecule has 4 rings (SSSR count). The predicted octanol–water partition coefficient (Wildman–Crippen LogP) is 4.31. The molecule has 0 aliphatic heterocycles. The summed E-state index contributed by atoms with van der Waals surface area (Å²) in [5.41, 5.74) is 1.07. The van der Waals surface area contributed by atoms with Crippen LogP contribution in [0.15, 0.2) is 70.7 Å². The summed E-state index contributed by atoms with van der Waals surface area (Å²) >= 11 is 1.63. The zero-order valence-electron chi connectivity index (χ0n) is 16.2. The number of nitrogens with zero attached hydrogens (tertiary/aromatic N) is 2. The summed E-state index contributed by atoms with van der Waals surface area (Å²) in [6.07, 6.45) is 3.41. The monoisotopic (exact) mass is 408 g/mol. The van der Waals surface area contributed by atoms with Gasteiger partial charge in [-0.15, -0.1) is 11.3 Å². The lowest BCUT2D eigenvalue weighted by Crippen LogP contribution is -2.42. The highest BCUT2D eigenvalue weighted by Crippen LogP contribution is 2.31. The van der Waals surface area contributed by atoms with E-state index in [9.17, 15) is 9.59 Å². The van der Waals surface area contributed by atoms with E-state index in [1.54, 1.807) is 28.6 Å². The third-order valence-corrected chi connectivity index (χ3v) is 5.85. The van der Waals surface area contributed by atoms with Gasteiger partial charge in [-0.1, -0.05) is 36.4 Å². The largest absolute Gasteiger partial charge is 0.467 e. The molecule has 0 N–H and O–H groups in total. The second-order valence-electron chi connectivity index (χ2n) is 7.36. The van der Waals surface area contributed by atoms with Gasteiger partial charge < -0.3 is 14.2 Å². The first kappa shape index (κ1) is 19.5. The lowest BCUT2D eigenvalue weighted by Gasteiger charge is -2.27. The van der Waals surface area contributed by atoms with Gasteiger partial charge in [0.05, 0.1) is 19.4 Å². The molecule has 0 spiro atoms. The van der Waals surface area contributed by atoms with Crippen LogP contribution in [0.3, 0.4) is 0 Å². The molecule has 150 valence electrons. The van der Waals surface area contributed by atoms with Crippen molar-refractivity contribution in [2.45, 2.75) is 32.5 Å². The van der Waals surface area contributed by atoms with E-state index in [-0.39, 0.29) is 24.3 Å². The van der Waals surface area contributed by atoms with E-state index >= 15 is 0 Å². The van der Waals surface area contributed by atoms with Gasteiger partial charge >= 0.3 is 0 Å². The lowest BCUT2D eigenvalue weighted by atomic mass is 10.2. The van der Waals surface area contributed by atoms with Crippen molar-refractivity contribution in [3.8, 4) is 0 Å². The van der Waals surface area contributed by atoms with Crippen molar-refractivity contribution in [2.24, 2.45) is 5.92 Å². The van der Waals surface area contributed by atoms with Crippen molar-refractivity contribution in [3.05, 3.63) is 82.4 Å². The van der Waals surface area contributed by atoms with E-state index < -0.39 is 0 Å². The molecule has 0 radical (unpaired) electrons. The van der Waals surface area contributed by atoms with Crippen LogP contribution in [-0.4, -0.2) is 28.2 Å². The molecule has 1 fully saturated rings. The SMILES string of the molecule is O=C(CN(Cc1ccco1)C(=O)C1CC1)N(Cc1ccccc1)Cc1cccs1. The van der Waals surface area contributed by atoms with Crippen molar-refractivity contribution in [1.29, 1.82) is 0 Å². The van der Waals surface area contributed by atoms with Gasteiger partial charge in [0, 0.05) is 17.3 Å². The molecule has 1 aliphatic carbocycles. The topological polar surface area (TPSA) is 53.8 Å². The molecule has 1 aromatic carbocycles. The molecular formula is C23H24N2O3S. The number of thiophene rings is 1. The Morgan fingerprint density at radius 1 is 0.931 bits per heavy atom. The maximum Gasteiger partial charge on any atom is 0.242 e. The zero-order valence-corrected chi connectivity index (χ0v) is 17.0. The van der Waals surface area contributed by atoms with Gasteiger partial charge in [0.1, 0.15) is 12.3 Å². The summed E-state index contributed by atoms with van der Waals surface area (Å²) in [5.74, 6) is 0.741. The standard InChI is InChI=1S/C23H24N2O3S/c26-22(17-25(23(27)19-10-11-19)15-20-8-4-12-28-20)24(16-21-9-5-13-29-21)14-18-6-2-1-3-7-18/h1-9,12-13,19H,10-11,14-17H2. The normalized spacial score (nSPS) is 13.2. The molecule has 0 atom stereocenters. The molecule has 3 aromatic rings. The van der Waals surface area contributed by atoms with E-state index in [4.69, 9.17) is 4.42 Å². The summed E-state index contributed by atoms with van der Waals surface area (Å²) in [6, 6.07) is 17.6. The van der Waals surface area contributed by atoms with E-state index in [0.717, 1.165) is 23.3 Å². The third-order valence-electron chi connectivity index (χ3n) is 4.99. The van der Waals surface area contributed by atoms with Crippen molar-refractivity contribution < 1.29 is 14.0 Å². The number of hydrogen-bond donors (Lipinski definition) is 0. The Balaban J connectivity index is 1.50. The Bertz CT molecular complexity index is 918. The van der Waals surface area contributed by atoms with Crippen LogP contribution in [0.5, 0.6) is 0 Å². The van der Waals surface area contributed by atoms with Crippen molar-refractivity contribution in [1.82, 2.24) is 9.80 Å².